The van der Waals surface area contributed by atoms with E-state index in [9.17, 15) is 4.79 Å². The number of carbonyl (C=O) groups excluding carboxylic acids is 1. The van der Waals surface area contributed by atoms with Gasteiger partial charge in [0, 0.05) is 0 Å². The second-order valence-corrected chi connectivity index (χ2v) is 5.48. The molecule has 0 saturated heterocycles. The minimum absolute atomic E-state index is 0.153. The van der Waals surface area contributed by atoms with E-state index < -0.39 is 6.10 Å². The molecular weight excluding hydrogens is 290 g/mol. The van der Waals surface area contributed by atoms with Crippen LogP contribution in [-0.2, 0) is 4.79 Å². The van der Waals surface area contributed by atoms with Gasteiger partial charge < -0.3 is 14.8 Å². The molecule has 2 aromatic rings. The largest absolute Gasteiger partial charge is 0.491 e. The fourth-order valence-corrected chi connectivity index (χ4v) is 2.14. The molecule has 0 saturated carbocycles. The zero-order chi connectivity index (χ0) is 16.7. The molecule has 0 aliphatic rings. The predicted octanol–water partition coefficient (Wildman–Crippen LogP) is 3.27. The van der Waals surface area contributed by atoms with Crippen LogP contribution in [0, 0.1) is 13.8 Å². The maximum atomic E-state index is 12.0. The second-order valence-electron chi connectivity index (χ2n) is 5.48. The van der Waals surface area contributed by atoms with Gasteiger partial charge in [0.15, 0.2) is 6.10 Å². The number of carbonyl (C=O) groups is 1. The number of para-hydroxylation sites is 1. The van der Waals surface area contributed by atoms with Crippen LogP contribution in [0.15, 0.2) is 48.5 Å². The highest BCUT2D eigenvalue weighted by atomic mass is 16.5. The van der Waals surface area contributed by atoms with Crippen molar-refractivity contribution in [2.75, 3.05) is 13.2 Å². The number of hydrogen-bond acceptors (Lipinski definition) is 3. The first-order chi connectivity index (χ1) is 11.1. The fourth-order valence-electron chi connectivity index (χ4n) is 2.14. The van der Waals surface area contributed by atoms with Gasteiger partial charge >= 0.3 is 0 Å². The molecule has 0 fully saturated rings. The Kier molecular flexibility index (Phi) is 6.03. The molecule has 2 aromatic carbocycles. The summed E-state index contributed by atoms with van der Waals surface area (Å²) in [5.41, 5.74) is 2.18. The monoisotopic (exact) mass is 313 g/mol. The lowest BCUT2D eigenvalue weighted by Crippen LogP contribution is -2.38. The second kappa shape index (κ2) is 8.22. The number of nitrogens with one attached hydrogen (secondary N) is 1. The average Bonchev–Trinajstić information content (AvgIpc) is 2.53. The molecule has 0 radical (unpaired) electrons. The molecule has 23 heavy (non-hydrogen) atoms. The molecular formula is C19H23NO3. The van der Waals surface area contributed by atoms with Crippen molar-refractivity contribution in [3.05, 3.63) is 59.7 Å². The van der Waals surface area contributed by atoms with Gasteiger partial charge in [-0.05, 0) is 50.1 Å². The summed E-state index contributed by atoms with van der Waals surface area (Å²) in [6.07, 6.45) is -0.546. The zero-order valence-electron chi connectivity index (χ0n) is 13.8. The van der Waals surface area contributed by atoms with E-state index in [2.05, 4.69) is 5.32 Å². The Hall–Kier alpha value is -2.49. The number of ether oxygens (including phenoxy) is 2. The molecule has 0 aromatic heterocycles. The first-order valence-electron chi connectivity index (χ1n) is 7.76. The van der Waals surface area contributed by atoms with E-state index in [0.29, 0.717) is 18.9 Å². The number of benzene rings is 2. The Morgan fingerprint density at radius 2 is 1.91 bits per heavy atom. The lowest BCUT2D eigenvalue weighted by molar-refractivity contribution is -0.127. The molecule has 1 amide bonds. The van der Waals surface area contributed by atoms with Crippen molar-refractivity contribution in [2.45, 2.75) is 26.9 Å². The van der Waals surface area contributed by atoms with E-state index in [1.54, 1.807) is 6.92 Å². The molecule has 0 bridgehead atoms. The third-order valence-electron chi connectivity index (χ3n) is 3.42. The summed E-state index contributed by atoms with van der Waals surface area (Å²) in [6.45, 7) is 6.58. The predicted molar refractivity (Wildman–Crippen MR) is 91.0 cm³/mol. The lowest BCUT2D eigenvalue weighted by Gasteiger charge is -2.15. The summed E-state index contributed by atoms with van der Waals surface area (Å²) in [6, 6.07) is 15.5. The van der Waals surface area contributed by atoms with Crippen LogP contribution < -0.4 is 14.8 Å². The molecule has 4 heteroatoms. The van der Waals surface area contributed by atoms with E-state index in [1.807, 2.05) is 62.4 Å². The van der Waals surface area contributed by atoms with E-state index in [0.717, 1.165) is 16.9 Å². The Morgan fingerprint density at radius 1 is 1.13 bits per heavy atom. The molecule has 122 valence electrons. The molecule has 2 rings (SSSR count). The minimum atomic E-state index is -0.546. The summed E-state index contributed by atoms with van der Waals surface area (Å²) in [5, 5.41) is 2.82. The van der Waals surface area contributed by atoms with Gasteiger partial charge in [-0.15, -0.1) is 0 Å². The van der Waals surface area contributed by atoms with Crippen LogP contribution in [0.2, 0.25) is 0 Å². The molecule has 4 nitrogen and oxygen atoms in total. The summed E-state index contributed by atoms with van der Waals surface area (Å²) in [7, 11) is 0. The summed E-state index contributed by atoms with van der Waals surface area (Å²) in [5.74, 6) is 1.38. The van der Waals surface area contributed by atoms with Crippen molar-refractivity contribution in [2.24, 2.45) is 0 Å². The van der Waals surface area contributed by atoms with Gasteiger partial charge in [-0.1, -0.05) is 30.3 Å². The molecule has 0 spiro atoms. The number of hydrogen-bond donors (Lipinski definition) is 1. The van der Waals surface area contributed by atoms with E-state index in [1.165, 1.54) is 0 Å². The van der Waals surface area contributed by atoms with Crippen molar-refractivity contribution < 1.29 is 14.3 Å². The number of aryl methyl sites for hydroxylation is 2. The topological polar surface area (TPSA) is 47.6 Å². The Morgan fingerprint density at radius 3 is 2.65 bits per heavy atom. The third kappa shape index (κ3) is 5.33. The van der Waals surface area contributed by atoms with Crippen molar-refractivity contribution in [1.82, 2.24) is 5.32 Å². The van der Waals surface area contributed by atoms with Gasteiger partial charge in [0.25, 0.3) is 5.91 Å². The first-order valence-corrected chi connectivity index (χ1v) is 7.76. The number of rotatable bonds is 7. The van der Waals surface area contributed by atoms with Crippen LogP contribution in [-0.4, -0.2) is 25.2 Å². The highest BCUT2D eigenvalue weighted by Crippen LogP contribution is 2.16. The molecule has 1 atom stereocenters. The lowest BCUT2D eigenvalue weighted by atomic mass is 10.2. The van der Waals surface area contributed by atoms with Crippen molar-refractivity contribution in [3.63, 3.8) is 0 Å². The first kappa shape index (κ1) is 16.9. The molecule has 0 unspecified atom stereocenters. The standard InChI is InChI=1S/C19H23NO3/c1-14-7-6-9-17(13-14)23-16(3)19(21)20-11-12-22-18-10-5-4-8-15(18)2/h4-10,13,16H,11-12H2,1-3H3,(H,20,21)/t16-/m1/s1. The maximum Gasteiger partial charge on any atom is 0.260 e. The van der Waals surface area contributed by atoms with Crippen molar-refractivity contribution >= 4 is 5.91 Å². The summed E-state index contributed by atoms with van der Waals surface area (Å²) >= 11 is 0. The van der Waals surface area contributed by atoms with Crippen LogP contribution >= 0.6 is 0 Å². The molecule has 0 aliphatic carbocycles. The van der Waals surface area contributed by atoms with Crippen LogP contribution in [0.25, 0.3) is 0 Å². The summed E-state index contributed by atoms with van der Waals surface area (Å²) in [4.78, 5) is 12.0. The molecule has 1 N–H and O–H groups in total. The van der Waals surface area contributed by atoms with E-state index in [-0.39, 0.29) is 5.91 Å². The van der Waals surface area contributed by atoms with Crippen LogP contribution in [0.1, 0.15) is 18.1 Å². The quantitative estimate of drug-likeness (QED) is 0.798. The third-order valence-corrected chi connectivity index (χ3v) is 3.42. The number of amides is 1. The maximum absolute atomic E-state index is 12.0. The summed E-state index contributed by atoms with van der Waals surface area (Å²) < 4.78 is 11.3. The van der Waals surface area contributed by atoms with Crippen molar-refractivity contribution in [1.29, 1.82) is 0 Å². The van der Waals surface area contributed by atoms with Crippen molar-refractivity contribution in [3.8, 4) is 11.5 Å². The van der Waals surface area contributed by atoms with Crippen LogP contribution in [0.5, 0.6) is 11.5 Å². The van der Waals surface area contributed by atoms with Gasteiger partial charge in [-0.25, -0.2) is 0 Å². The Balaban J connectivity index is 1.73. The van der Waals surface area contributed by atoms with Crippen LogP contribution in [0.4, 0.5) is 0 Å². The average molecular weight is 313 g/mol. The molecule has 0 aliphatic heterocycles. The smallest absolute Gasteiger partial charge is 0.260 e. The highest BCUT2D eigenvalue weighted by molar-refractivity contribution is 5.80. The molecule has 0 heterocycles. The van der Waals surface area contributed by atoms with Gasteiger partial charge in [0.05, 0.1) is 6.54 Å². The SMILES string of the molecule is Cc1cccc(O[C@H](C)C(=O)NCCOc2ccccc2C)c1. The van der Waals surface area contributed by atoms with Gasteiger partial charge in [0.1, 0.15) is 18.1 Å². The van der Waals surface area contributed by atoms with E-state index >= 15 is 0 Å². The van der Waals surface area contributed by atoms with Gasteiger partial charge in [-0.2, -0.15) is 0 Å². The van der Waals surface area contributed by atoms with E-state index in [4.69, 9.17) is 9.47 Å². The van der Waals surface area contributed by atoms with Crippen LogP contribution in [0.3, 0.4) is 0 Å². The van der Waals surface area contributed by atoms with Gasteiger partial charge in [-0.3, -0.25) is 4.79 Å². The normalized spacial score (nSPS) is 11.6. The highest BCUT2D eigenvalue weighted by Gasteiger charge is 2.14. The fraction of sp³-hybridized carbons (Fsp3) is 0.316. The zero-order valence-corrected chi connectivity index (χ0v) is 13.8. The minimum Gasteiger partial charge on any atom is -0.491 e. The Bertz CT molecular complexity index is 655. The van der Waals surface area contributed by atoms with Gasteiger partial charge in [0.2, 0.25) is 0 Å². The Labute approximate surface area is 137 Å².